The lowest BCUT2D eigenvalue weighted by Crippen LogP contribution is -2.17. The van der Waals surface area contributed by atoms with Gasteiger partial charge < -0.3 is 0 Å². The smallest absolute Gasteiger partial charge is 0.247 e. The number of hydrogen-bond acceptors (Lipinski definition) is 4. The number of rotatable bonds is 0. The van der Waals surface area contributed by atoms with Crippen LogP contribution >= 0.6 is 0 Å². The van der Waals surface area contributed by atoms with Gasteiger partial charge in [-0.25, -0.2) is 5.43 Å². The normalized spacial score (nSPS) is 17.6. The quantitative estimate of drug-likeness (QED) is 0.347. The molecule has 0 unspecified atom stereocenters. The van der Waals surface area contributed by atoms with Crippen molar-refractivity contribution in [2.24, 2.45) is 5.10 Å². The summed E-state index contributed by atoms with van der Waals surface area (Å²) in [5.74, 6) is 0.0524. The molecule has 0 aromatic rings. The van der Waals surface area contributed by atoms with E-state index in [1.54, 1.807) is 5.48 Å². The van der Waals surface area contributed by atoms with Crippen LogP contribution in [-0.4, -0.2) is 17.0 Å². The number of hydroxylamine groups is 1. The summed E-state index contributed by atoms with van der Waals surface area (Å²) in [6.07, 6.45) is 0.135. The third-order valence-electron chi connectivity index (χ3n) is 0.773. The zero-order valence-electron chi connectivity index (χ0n) is 4.01. The van der Waals surface area contributed by atoms with Crippen molar-refractivity contribution in [1.82, 2.24) is 10.9 Å². The van der Waals surface area contributed by atoms with Crippen molar-refractivity contribution in [2.75, 3.05) is 0 Å². The number of nitrogens with zero attached hydrogens (tertiary/aromatic N) is 1. The summed E-state index contributed by atoms with van der Waals surface area (Å²) in [4.78, 5) is 10.2. The highest BCUT2D eigenvalue weighted by molar-refractivity contribution is 6.03. The first kappa shape index (κ1) is 5.04. The van der Waals surface area contributed by atoms with Crippen LogP contribution in [0.4, 0.5) is 0 Å². The van der Waals surface area contributed by atoms with Gasteiger partial charge in [-0.15, -0.1) is 0 Å². The Morgan fingerprint density at radius 1 is 1.88 bits per heavy atom. The fourth-order valence-corrected chi connectivity index (χ4v) is 0.425. The number of amides is 1. The standard InChI is InChI=1S/C3H5N3O2/c7-3-1-2(6-8)4-5-3/h8H,1H2,(H,4,6)(H,5,7). The highest BCUT2D eigenvalue weighted by Crippen LogP contribution is 1.88. The number of carbonyl (C=O) groups is 1. The van der Waals surface area contributed by atoms with E-state index in [2.05, 4.69) is 10.5 Å². The molecule has 0 aliphatic carbocycles. The van der Waals surface area contributed by atoms with E-state index in [9.17, 15) is 4.79 Å². The van der Waals surface area contributed by atoms with Crippen molar-refractivity contribution in [3.63, 3.8) is 0 Å². The summed E-state index contributed by atoms with van der Waals surface area (Å²) < 4.78 is 0. The highest BCUT2D eigenvalue weighted by atomic mass is 16.5. The van der Waals surface area contributed by atoms with Crippen molar-refractivity contribution < 1.29 is 10.0 Å². The van der Waals surface area contributed by atoms with Gasteiger partial charge in [0.25, 0.3) is 0 Å². The lowest BCUT2D eigenvalue weighted by atomic mass is 10.4. The Morgan fingerprint density at radius 2 is 2.62 bits per heavy atom. The zero-order chi connectivity index (χ0) is 5.98. The Hall–Kier alpha value is -1.10. The number of carbonyl (C=O) groups excluding carboxylic acids is 1. The average Bonchev–Trinajstić information content (AvgIpc) is 2.14. The molecule has 1 rings (SSSR count). The minimum atomic E-state index is -0.207. The first-order chi connectivity index (χ1) is 3.83. The van der Waals surface area contributed by atoms with E-state index in [0.717, 1.165) is 0 Å². The van der Waals surface area contributed by atoms with Crippen LogP contribution in [0.2, 0.25) is 0 Å². The van der Waals surface area contributed by atoms with Crippen LogP contribution in [0.25, 0.3) is 0 Å². The molecule has 0 atom stereocenters. The van der Waals surface area contributed by atoms with Gasteiger partial charge in [0.15, 0.2) is 5.84 Å². The van der Waals surface area contributed by atoms with Crippen molar-refractivity contribution in [3.8, 4) is 0 Å². The second-order valence-corrected chi connectivity index (χ2v) is 1.38. The average molecular weight is 115 g/mol. The van der Waals surface area contributed by atoms with E-state index in [1.165, 1.54) is 0 Å². The van der Waals surface area contributed by atoms with Gasteiger partial charge in [-0.3, -0.25) is 15.5 Å². The van der Waals surface area contributed by atoms with Gasteiger partial charge in [0, 0.05) is 0 Å². The van der Waals surface area contributed by atoms with Gasteiger partial charge in [-0.05, 0) is 0 Å². The summed E-state index contributed by atoms with van der Waals surface area (Å²) in [5, 5.41) is 11.5. The molecule has 1 heterocycles. The number of amidine groups is 1. The number of nitrogens with one attached hydrogen (secondary N) is 2. The van der Waals surface area contributed by atoms with E-state index in [0.29, 0.717) is 0 Å². The molecule has 0 radical (unpaired) electrons. The monoisotopic (exact) mass is 115 g/mol. The summed E-state index contributed by atoms with van der Waals surface area (Å²) in [6.45, 7) is 0. The second-order valence-electron chi connectivity index (χ2n) is 1.38. The Morgan fingerprint density at radius 3 is 2.88 bits per heavy atom. The molecule has 1 amide bonds. The van der Waals surface area contributed by atoms with Gasteiger partial charge >= 0.3 is 0 Å². The Kier molecular flexibility index (Phi) is 1.13. The largest absolute Gasteiger partial charge is 0.290 e. The molecule has 0 fully saturated rings. The maximum atomic E-state index is 10.2. The molecule has 0 aromatic heterocycles. The zero-order valence-corrected chi connectivity index (χ0v) is 4.01. The Bertz CT molecular complexity index is 141. The van der Waals surface area contributed by atoms with E-state index >= 15 is 0 Å². The maximum Gasteiger partial charge on any atom is 0.247 e. The molecule has 1 aliphatic rings. The topological polar surface area (TPSA) is 73.7 Å². The van der Waals surface area contributed by atoms with Crippen LogP contribution < -0.4 is 10.9 Å². The van der Waals surface area contributed by atoms with E-state index < -0.39 is 0 Å². The van der Waals surface area contributed by atoms with Crippen molar-refractivity contribution in [1.29, 1.82) is 0 Å². The predicted octanol–water partition coefficient (Wildman–Crippen LogP) is -1.20. The van der Waals surface area contributed by atoms with E-state index in [1.807, 2.05) is 0 Å². The number of hydrogen-bond donors (Lipinski definition) is 3. The molecular formula is C3H5N3O2. The molecule has 44 valence electrons. The first-order valence-electron chi connectivity index (χ1n) is 2.08. The molecule has 1 aliphatic heterocycles. The molecule has 0 saturated carbocycles. The maximum absolute atomic E-state index is 10.2. The summed E-state index contributed by atoms with van der Waals surface area (Å²) in [7, 11) is 0. The van der Waals surface area contributed by atoms with E-state index in [4.69, 9.17) is 5.21 Å². The van der Waals surface area contributed by atoms with Crippen LogP contribution in [0, 0.1) is 0 Å². The molecule has 0 saturated heterocycles. The fraction of sp³-hybridized carbons (Fsp3) is 0.333. The molecular weight excluding hydrogens is 110 g/mol. The minimum absolute atomic E-state index is 0.135. The Labute approximate surface area is 45.3 Å². The van der Waals surface area contributed by atoms with Crippen molar-refractivity contribution in [3.05, 3.63) is 0 Å². The second kappa shape index (κ2) is 1.79. The fourth-order valence-electron chi connectivity index (χ4n) is 0.425. The lowest BCUT2D eigenvalue weighted by Gasteiger charge is -1.87. The molecule has 5 nitrogen and oxygen atoms in total. The van der Waals surface area contributed by atoms with Crippen LogP contribution in [0.5, 0.6) is 0 Å². The summed E-state index contributed by atoms with van der Waals surface area (Å²) in [5.41, 5.74) is 3.91. The van der Waals surface area contributed by atoms with Crippen LogP contribution in [-0.2, 0) is 4.79 Å². The van der Waals surface area contributed by atoms with Crippen LogP contribution in [0.1, 0.15) is 6.42 Å². The van der Waals surface area contributed by atoms with Gasteiger partial charge in [-0.2, -0.15) is 5.10 Å². The molecule has 0 aromatic carbocycles. The highest BCUT2D eigenvalue weighted by Gasteiger charge is 2.12. The first-order valence-corrected chi connectivity index (χ1v) is 2.08. The van der Waals surface area contributed by atoms with Crippen LogP contribution in [0.3, 0.4) is 0 Å². The Balaban J connectivity index is 2.49. The van der Waals surface area contributed by atoms with Gasteiger partial charge in [0.05, 0.1) is 6.42 Å². The molecule has 3 N–H and O–H groups in total. The number of hydrazone groups is 1. The molecule has 8 heavy (non-hydrogen) atoms. The van der Waals surface area contributed by atoms with E-state index in [-0.39, 0.29) is 18.2 Å². The third kappa shape index (κ3) is 0.760. The predicted molar refractivity (Wildman–Crippen MR) is 25.1 cm³/mol. The van der Waals surface area contributed by atoms with Gasteiger partial charge in [0.1, 0.15) is 0 Å². The van der Waals surface area contributed by atoms with Gasteiger partial charge in [-0.1, -0.05) is 0 Å². The van der Waals surface area contributed by atoms with Crippen molar-refractivity contribution >= 4 is 11.7 Å². The molecule has 0 spiro atoms. The molecule has 5 heteroatoms. The van der Waals surface area contributed by atoms with Gasteiger partial charge in [0.2, 0.25) is 5.91 Å². The lowest BCUT2D eigenvalue weighted by molar-refractivity contribution is -0.119. The van der Waals surface area contributed by atoms with Crippen molar-refractivity contribution in [2.45, 2.75) is 6.42 Å². The summed E-state index contributed by atoms with van der Waals surface area (Å²) >= 11 is 0. The molecule has 0 bridgehead atoms. The SMILES string of the molecule is O=C1CC(NO)=NN1. The summed E-state index contributed by atoms with van der Waals surface area (Å²) in [6, 6.07) is 0. The third-order valence-corrected chi connectivity index (χ3v) is 0.773. The minimum Gasteiger partial charge on any atom is -0.290 e. The van der Waals surface area contributed by atoms with Crippen LogP contribution in [0.15, 0.2) is 5.10 Å².